The Morgan fingerprint density at radius 3 is 2.18 bits per heavy atom. The number of benzene rings is 3. The highest BCUT2D eigenvalue weighted by molar-refractivity contribution is 6.45. The first-order valence-corrected chi connectivity index (χ1v) is 10.4. The number of para-hydroxylation sites is 1. The van der Waals surface area contributed by atoms with Crippen molar-refractivity contribution in [3.63, 3.8) is 0 Å². The van der Waals surface area contributed by atoms with E-state index < -0.39 is 17.6 Å². The van der Waals surface area contributed by atoms with Crippen LogP contribution in [0.5, 0.6) is 0 Å². The van der Waals surface area contributed by atoms with Gasteiger partial charge in [0.25, 0.3) is 11.8 Å². The molecule has 0 fully saturated rings. The maximum atomic E-state index is 14.5. The summed E-state index contributed by atoms with van der Waals surface area (Å²) in [6.07, 6.45) is 0. The fourth-order valence-electron chi connectivity index (χ4n) is 3.84. The zero-order valence-corrected chi connectivity index (χ0v) is 18.2. The van der Waals surface area contributed by atoms with Gasteiger partial charge in [-0.15, -0.1) is 0 Å². The highest BCUT2D eigenvalue weighted by Gasteiger charge is 2.42. The van der Waals surface area contributed by atoms with Crippen LogP contribution in [0.2, 0.25) is 0 Å². The van der Waals surface area contributed by atoms with Crippen LogP contribution in [0.3, 0.4) is 0 Å². The molecule has 1 aliphatic rings. The standard InChI is InChI=1S/C26H22FN3O3/c1-17(31)28-20-14-12-19(13-15-20)23-24(29(2)16-18-8-4-3-5-9-18)26(33)30(25(23)32)22-11-7-6-10-21(22)27/h3-15H,16H2,1-2H3,(H,28,31). The second-order valence-electron chi connectivity index (χ2n) is 7.72. The van der Waals surface area contributed by atoms with Gasteiger partial charge in [0, 0.05) is 26.2 Å². The molecule has 0 atom stereocenters. The molecule has 1 heterocycles. The van der Waals surface area contributed by atoms with Crippen LogP contribution in [0.25, 0.3) is 5.57 Å². The van der Waals surface area contributed by atoms with Gasteiger partial charge in [0.2, 0.25) is 5.91 Å². The van der Waals surface area contributed by atoms with Gasteiger partial charge >= 0.3 is 0 Å². The molecular weight excluding hydrogens is 421 g/mol. The minimum absolute atomic E-state index is 0.0945. The predicted molar refractivity (Wildman–Crippen MR) is 124 cm³/mol. The Labute approximate surface area is 190 Å². The number of imide groups is 1. The molecule has 0 spiro atoms. The number of carbonyl (C=O) groups excluding carboxylic acids is 3. The van der Waals surface area contributed by atoms with Gasteiger partial charge in [0.05, 0.1) is 11.3 Å². The number of carbonyl (C=O) groups is 3. The van der Waals surface area contributed by atoms with Gasteiger partial charge < -0.3 is 10.2 Å². The molecule has 166 valence electrons. The molecule has 0 radical (unpaired) electrons. The lowest BCUT2D eigenvalue weighted by Crippen LogP contribution is -2.34. The number of anilines is 2. The molecule has 33 heavy (non-hydrogen) atoms. The van der Waals surface area contributed by atoms with Crippen LogP contribution < -0.4 is 10.2 Å². The molecule has 0 saturated heterocycles. The van der Waals surface area contributed by atoms with E-state index in [0.717, 1.165) is 10.5 Å². The Morgan fingerprint density at radius 1 is 0.909 bits per heavy atom. The summed E-state index contributed by atoms with van der Waals surface area (Å²) in [6.45, 7) is 1.78. The largest absolute Gasteiger partial charge is 0.365 e. The zero-order chi connectivity index (χ0) is 23.5. The number of nitrogens with zero attached hydrogens (tertiary/aromatic N) is 2. The lowest BCUT2D eigenvalue weighted by Gasteiger charge is -2.21. The van der Waals surface area contributed by atoms with E-state index in [-0.39, 0.29) is 22.9 Å². The smallest absolute Gasteiger partial charge is 0.282 e. The molecule has 3 aromatic carbocycles. The third kappa shape index (κ3) is 4.39. The molecule has 3 amide bonds. The van der Waals surface area contributed by atoms with Gasteiger partial charge in [-0.05, 0) is 35.4 Å². The summed E-state index contributed by atoms with van der Waals surface area (Å²) in [5.74, 6) is -2.08. The van der Waals surface area contributed by atoms with Gasteiger partial charge in [-0.1, -0.05) is 54.6 Å². The highest BCUT2D eigenvalue weighted by atomic mass is 19.1. The number of hydrogen-bond donors (Lipinski definition) is 1. The van der Waals surface area contributed by atoms with Crippen molar-refractivity contribution in [1.82, 2.24) is 4.90 Å². The normalized spacial score (nSPS) is 13.5. The summed E-state index contributed by atoms with van der Waals surface area (Å²) in [4.78, 5) is 40.9. The zero-order valence-electron chi connectivity index (χ0n) is 18.2. The van der Waals surface area contributed by atoms with Crippen LogP contribution in [0.1, 0.15) is 18.1 Å². The van der Waals surface area contributed by atoms with E-state index in [2.05, 4.69) is 5.32 Å². The van der Waals surface area contributed by atoms with Crippen LogP contribution in [0, 0.1) is 5.82 Å². The van der Waals surface area contributed by atoms with E-state index in [1.54, 1.807) is 42.3 Å². The van der Waals surface area contributed by atoms with Crippen molar-refractivity contribution in [3.8, 4) is 0 Å². The average molecular weight is 443 g/mol. The second-order valence-corrected chi connectivity index (χ2v) is 7.72. The first-order valence-electron chi connectivity index (χ1n) is 10.4. The Balaban J connectivity index is 1.79. The fourth-order valence-corrected chi connectivity index (χ4v) is 3.84. The van der Waals surface area contributed by atoms with Crippen molar-refractivity contribution in [1.29, 1.82) is 0 Å². The van der Waals surface area contributed by atoms with Crippen LogP contribution in [0.15, 0.2) is 84.6 Å². The maximum absolute atomic E-state index is 14.5. The number of rotatable bonds is 6. The quantitative estimate of drug-likeness (QED) is 0.580. The fraction of sp³-hybridized carbons (Fsp3) is 0.115. The molecule has 3 aromatic rings. The molecule has 0 aromatic heterocycles. The van der Waals surface area contributed by atoms with Crippen LogP contribution in [-0.4, -0.2) is 29.7 Å². The van der Waals surface area contributed by atoms with Crippen molar-refractivity contribution in [2.45, 2.75) is 13.5 Å². The van der Waals surface area contributed by atoms with E-state index in [4.69, 9.17) is 0 Å². The van der Waals surface area contributed by atoms with Crippen LogP contribution in [-0.2, 0) is 20.9 Å². The van der Waals surface area contributed by atoms with Gasteiger partial charge in [-0.3, -0.25) is 14.4 Å². The SMILES string of the molecule is CC(=O)Nc1ccc(C2=C(N(C)Cc3ccccc3)C(=O)N(c3ccccc3F)C2=O)cc1. The van der Waals surface area contributed by atoms with E-state index in [1.165, 1.54) is 25.1 Å². The van der Waals surface area contributed by atoms with Crippen molar-refractivity contribution in [2.24, 2.45) is 0 Å². The summed E-state index contributed by atoms with van der Waals surface area (Å²) in [5, 5.41) is 2.67. The predicted octanol–water partition coefficient (Wildman–Crippen LogP) is 4.20. The minimum Gasteiger partial charge on any atom is -0.365 e. The summed E-state index contributed by atoms with van der Waals surface area (Å²) in [5.41, 5.74) is 2.28. The average Bonchev–Trinajstić information content (AvgIpc) is 3.05. The Hall–Kier alpha value is -4.26. The summed E-state index contributed by atoms with van der Waals surface area (Å²) in [7, 11) is 1.73. The topological polar surface area (TPSA) is 69.7 Å². The molecular formula is C26H22FN3O3. The van der Waals surface area contributed by atoms with Crippen molar-refractivity contribution < 1.29 is 18.8 Å². The molecule has 1 N–H and O–H groups in total. The van der Waals surface area contributed by atoms with Crippen molar-refractivity contribution in [3.05, 3.63) is 102 Å². The van der Waals surface area contributed by atoms with Gasteiger partial charge in [0.15, 0.2) is 0 Å². The molecule has 0 aliphatic carbocycles. The minimum atomic E-state index is -0.661. The number of amides is 3. The molecule has 0 saturated carbocycles. The lowest BCUT2D eigenvalue weighted by atomic mass is 10.0. The monoisotopic (exact) mass is 443 g/mol. The van der Waals surface area contributed by atoms with Crippen molar-refractivity contribution in [2.75, 3.05) is 17.3 Å². The van der Waals surface area contributed by atoms with E-state index in [1.807, 2.05) is 30.3 Å². The lowest BCUT2D eigenvalue weighted by molar-refractivity contribution is -0.121. The van der Waals surface area contributed by atoms with Gasteiger partial charge in [-0.25, -0.2) is 9.29 Å². The summed E-state index contributed by atoms with van der Waals surface area (Å²) in [6, 6.07) is 21.9. The molecule has 0 unspecified atom stereocenters. The Morgan fingerprint density at radius 2 is 1.55 bits per heavy atom. The summed E-state index contributed by atoms with van der Waals surface area (Å²) >= 11 is 0. The van der Waals surface area contributed by atoms with E-state index in [0.29, 0.717) is 17.8 Å². The highest BCUT2D eigenvalue weighted by Crippen LogP contribution is 2.36. The summed E-state index contributed by atoms with van der Waals surface area (Å²) < 4.78 is 14.5. The third-order valence-electron chi connectivity index (χ3n) is 5.29. The second kappa shape index (κ2) is 9.08. The number of hydrogen-bond acceptors (Lipinski definition) is 4. The molecule has 1 aliphatic heterocycles. The number of likely N-dealkylation sites (N-methyl/N-ethyl adjacent to an activating group) is 1. The number of nitrogens with one attached hydrogen (secondary N) is 1. The number of halogens is 1. The first kappa shape index (κ1) is 22.0. The van der Waals surface area contributed by atoms with Gasteiger partial charge in [-0.2, -0.15) is 0 Å². The van der Waals surface area contributed by atoms with Crippen LogP contribution >= 0.6 is 0 Å². The molecule has 7 heteroatoms. The third-order valence-corrected chi connectivity index (χ3v) is 5.29. The first-order chi connectivity index (χ1) is 15.9. The molecule has 6 nitrogen and oxygen atoms in total. The van der Waals surface area contributed by atoms with E-state index in [9.17, 15) is 18.8 Å². The molecule has 4 rings (SSSR count). The van der Waals surface area contributed by atoms with E-state index >= 15 is 0 Å². The molecule has 0 bridgehead atoms. The van der Waals surface area contributed by atoms with Crippen molar-refractivity contribution >= 4 is 34.7 Å². The van der Waals surface area contributed by atoms with Crippen LogP contribution in [0.4, 0.5) is 15.8 Å². The van der Waals surface area contributed by atoms with Gasteiger partial charge in [0.1, 0.15) is 11.5 Å². The Bertz CT molecular complexity index is 1250. The maximum Gasteiger partial charge on any atom is 0.282 e. The Kier molecular flexibility index (Phi) is 6.04.